The maximum Gasteiger partial charge on any atom is 0.307 e. The summed E-state index contributed by atoms with van der Waals surface area (Å²) in [6, 6.07) is 0. The van der Waals surface area contributed by atoms with Crippen LogP contribution in [-0.2, 0) is 47.7 Å². The third-order valence-electron chi connectivity index (χ3n) is 10.2. The molecule has 10 nitrogen and oxygen atoms in total. The zero-order valence-electron chi connectivity index (χ0n) is 31.3. The van der Waals surface area contributed by atoms with E-state index >= 15 is 0 Å². The number of hydrogen-bond acceptors (Lipinski definition) is 10. The van der Waals surface area contributed by atoms with Crippen LogP contribution in [0.25, 0.3) is 0 Å². The molecule has 0 bridgehead atoms. The van der Waals surface area contributed by atoms with Crippen molar-refractivity contribution in [2.75, 3.05) is 0 Å². The summed E-state index contributed by atoms with van der Waals surface area (Å²) in [5.41, 5.74) is 0.571. The van der Waals surface area contributed by atoms with Gasteiger partial charge in [0.25, 0.3) is 0 Å². The molecule has 1 saturated carbocycles. The van der Waals surface area contributed by atoms with E-state index in [4.69, 9.17) is 18.9 Å². The first-order valence-electron chi connectivity index (χ1n) is 18.3. The fourth-order valence-electron chi connectivity index (χ4n) is 7.67. The van der Waals surface area contributed by atoms with Crippen LogP contribution in [-0.4, -0.2) is 59.9 Å². The van der Waals surface area contributed by atoms with Gasteiger partial charge in [-0.1, -0.05) is 57.3 Å². The molecule has 2 aliphatic heterocycles. The van der Waals surface area contributed by atoms with Gasteiger partial charge in [0.05, 0.1) is 23.7 Å². The summed E-state index contributed by atoms with van der Waals surface area (Å²) in [7, 11) is 0. The van der Waals surface area contributed by atoms with Crippen LogP contribution in [0.4, 0.5) is 0 Å². The molecule has 4 aliphatic rings. The number of esters is 4. The molecule has 10 heteroatoms. The van der Waals surface area contributed by atoms with Crippen LogP contribution in [0.1, 0.15) is 132 Å². The second-order valence-electron chi connectivity index (χ2n) is 15.5. The zero-order valence-corrected chi connectivity index (χ0v) is 31.3. The van der Waals surface area contributed by atoms with E-state index in [1.54, 1.807) is 6.08 Å². The second-order valence-corrected chi connectivity index (χ2v) is 15.5. The minimum absolute atomic E-state index is 0.0242. The third kappa shape index (κ3) is 11.2. The Balaban J connectivity index is 0.000000270. The Labute approximate surface area is 297 Å². The fraction of sp³-hybridized carbons (Fsp3) is 0.700. The largest absolute Gasteiger partial charge is 0.463 e. The number of rotatable bonds is 12. The minimum atomic E-state index is -0.969. The second kappa shape index (κ2) is 18.1. The Morgan fingerprint density at radius 2 is 1.56 bits per heavy atom. The van der Waals surface area contributed by atoms with E-state index < -0.39 is 29.0 Å². The number of ketones is 2. The molecule has 4 rings (SSSR count). The average molecular weight is 699 g/mol. The summed E-state index contributed by atoms with van der Waals surface area (Å²) in [4.78, 5) is 71.8. The molecule has 0 aromatic heterocycles. The molecule has 2 saturated heterocycles. The fourth-order valence-corrected chi connectivity index (χ4v) is 7.67. The standard InChI is InChI=1S/C20H32O5.C20H26O5/c2*1-13(2)6-5-7-14(3)10-18-20(12-19(23)25-18)11-16(24-15(4)21)8-9-17(20)22/h13-14,16,18H,5-12H2,1-4H3;6,8-10,16,18H,5,7,11-12H2,1-4H3/b;14-10+/t14?,16-,18-,20?;16-,18-,20?/m11/s1. The van der Waals surface area contributed by atoms with Crippen LogP contribution in [0.2, 0.25) is 0 Å². The van der Waals surface area contributed by atoms with Crippen molar-refractivity contribution in [3.05, 3.63) is 35.5 Å². The molecule has 50 heavy (non-hydrogen) atoms. The monoisotopic (exact) mass is 698 g/mol. The van der Waals surface area contributed by atoms with Crippen LogP contribution in [0.5, 0.6) is 0 Å². The maximum absolute atomic E-state index is 12.7. The lowest BCUT2D eigenvalue weighted by Gasteiger charge is -2.38. The first-order chi connectivity index (χ1) is 23.4. The van der Waals surface area contributed by atoms with E-state index in [0.717, 1.165) is 31.3 Å². The van der Waals surface area contributed by atoms with Gasteiger partial charge in [-0.05, 0) is 76.5 Å². The lowest BCUT2D eigenvalue weighted by atomic mass is 9.66. The molecule has 0 aromatic carbocycles. The topological polar surface area (TPSA) is 139 Å². The van der Waals surface area contributed by atoms with Crippen molar-refractivity contribution >= 4 is 35.4 Å². The Kier molecular flexibility index (Phi) is 14.8. The number of allylic oxidation sites excluding steroid dienone is 4. The molecule has 0 N–H and O–H groups in total. The molecule has 2 heterocycles. The van der Waals surface area contributed by atoms with Gasteiger partial charge in [-0.25, -0.2) is 0 Å². The summed E-state index contributed by atoms with van der Waals surface area (Å²) < 4.78 is 21.6. The average Bonchev–Trinajstić information content (AvgIpc) is 3.46. The summed E-state index contributed by atoms with van der Waals surface area (Å²) in [6.45, 7) is 15.4. The molecule has 278 valence electrons. The van der Waals surface area contributed by atoms with Gasteiger partial charge in [-0.15, -0.1) is 0 Å². The predicted molar refractivity (Wildman–Crippen MR) is 187 cm³/mol. The molecule has 3 unspecified atom stereocenters. The quantitative estimate of drug-likeness (QED) is 0.116. The molecule has 0 radical (unpaired) electrons. The number of cyclic esters (lactones) is 2. The Morgan fingerprint density at radius 1 is 0.900 bits per heavy atom. The van der Waals surface area contributed by atoms with Crippen LogP contribution in [0.3, 0.4) is 0 Å². The summed E-state index contributed by atoms with van der Waals surface area (Å²) in [5, 5.41) is 0. The van der Waals surface area contributed by atoms with E-state index in [1.807, 2.05) is 13.0 Å². The number of hydrogen-bond donors (Lipinski definition) is 0. The SMILES string of the molecule is CC(=O)O[C@@H]1C=CC(=O)C2(CC(=O)O[C@@H]2/C=C(\C)CCC=C(C)C)C1.CC(=O)O[C@@H]1CCC(=O)C2(CC(=O)O[C@@H]2CC(C)CCCC(C)C)C1. The van der Waals surface area contributed by atoms with Gasteiger partial charge >= 0.3 is 23.9 Å². The van der Waals surface area contributed by atoms with E-state index in [2.05, 4.69) is 40.7 Å². The lowest BCUT2D eigenvalue weighted by Crippen LogP contribution is -2.46. The Morgan fingerprint density at radius 3 is 2.20 bits per heavy atom. The number of ether oxygens (including phenoxy) is 4. The van der Waals surface area contributed by atoms with Gasteiger partial charge in [0.2, 0.25) is 0 Å². The van der Waals surface area contributed by atoms with Gasteiger partial charge in [-0.3, -0.25) is 28.8 Å². The molecular weight excluding hydrogens is 640 g/mol. The highest BCUT2D eigenvalue weighted by Crippen LogP contribution is 2.48. The Bertz CT molecular complexity index is 1370. The van der Waals surface area contributed by atoms with Crippen LogP contribution >= 0.6 is 0 Å². The molecule has 2 aliphatic carbocycles. The van der Waals surface area contributed by atoms with Crippen molar-refractivity contribution in [1.82, 2.24) is 0 Å². The van der Waals surface area contributed by atoms with Crippen molar-refractivity contribution in [3.8, 4) is 0 Å². The molecule has 3 fully saturated rings. The van der Waals surface area contributed by atoms with Crippen molar-refractivity contribution in [3.63, 3.8) is 0 Å². The van der Waals surface area contributed by atoms with Gasteiger partial charge < -0.3 is 18.9 Å². The Hall–Kier alpha value is -3.56. The summed E-state index contributed by atoms with van der Waals surface area (Å²) in [5.74, 6) is -0.380. The van der Waals surface area contributed by atoms with Crippen molar-refractivity contribution in [2.24, 2.45) is 22.7 Å². The highest BCUT2D eigenvalue weighted by molar-refractivity contribution is 6.00. The smallest absolute Gasteiger partial charge is 0.307 e. The third-order valence-corrected chi connectivity index (χ3v) is 10.2. The molecule has 7 atom stereocenters. The van der Waals surface area contributed by atoms with Gasteiger partial charge in [0.1, 0.15) is 30.2 Å². The highest BCUT2D eigenvalue weighted by atomic mass is 16.6. The van der Waals surface area contributed by atoms with Crippen molar-refractivity contribution < 1.29 is 47.7 Å². The van der Waals surface area contributed by atoms with Crippen LogP contribution in [0, 0.1) is 22.7 Å². The number of carbonyl (C=O) groups excluding carboxylic acids is 6. The van der Waals surface area contributed by atoms with Crippen molar-refractivity contribution in [1.29, 1.82) is 0 Å². The van der Waals surface area contributed by atoms with Gasteiger partial charge in [-0.2, -0.15) is 0 Å². The van der Waals surface area contributed by atoms with Crippen LogP contribution in [0.15, 0.2) is 35.5 Å². The van der Waals surface area contributed by atoms with Gasteiger partial charge in [0.15, 0.2) is 5.78 Å². The lowest BCUT2D eigenvalue weighted by molar-refractivity contribution is -0.157. The molecular formula is C40H58O10. The maximum atomic E-state index is 12.7. The minimum Gasteiger partial charge on any atom is -0.463 e. The van der Waals surface area contributed by atoms with E-state index in [9.17, 15) is 28.8 Å². The molecule has 2 spiro atoms. The normalized spacial score (nSPS) is 29.7. The summed E-state index contributed by atoms with van der Waals surface area (Å²) in [6.07, 6.45) is 12.9. The first kappa shape index (κ1) is 40.9. The number of carbonyl (C=O) groups is 6. The highest BCUT2D eigenvalue weighted by Gasteiger charge is 2.57. The predicted octanol–water partition coefficient (Wildman–Crippen LogP) is 7.27. The number of Topliss-reactive ketones (excluding diaryl/α,β-unsaturated/α-hetero) is 1. The van der Waals surface area contributed by atoms with E-state index in [0.29, 0.717) is 37.5 Å². The van der Waals surface area contributed by atoms with Crippen LogP contribution < -0.4 is 0 Å². The van der Waals surface area contributed by atoms with E-state index in [-0.39, 0.29) is 60.9 Å². The van der Waals surface area contributed by atoms with E-state index in [1.165, 1.54) is 31.9 Å². The summed E-state index contributed by atoms with van der Waals surface area (Å²) >= 11 is 0. The zero-order chi connectivity index (χ0) is 37.2. The first-order valence-corrected chi connectivity index (χ1v) is 18.3. The van der Waals surface area contributed by atoms with Crippen molar-refractivity contribution in [2.45, 2.75) is 157 Å². The molecule has 0 aromatic rings. The van der Waals surface area contributed by atoms with Gasteiger partial charge in [0, 0.05) is 33.1 Å². The molecule has 0 amide bonds.